The molecule has 0 radical (unpaired) electrons. The molecule has 0 aromatic rings. The second-order valence-corrected chi connectivity index (χ2v) is 6.21. The molecule has 3 N–H and O–H groups in total. The van der Waals surface area contributed by atoms with Crippen LogP contribution in [0.4, 0.5) is 4.79 Å². The molecule has 6 nitrogen and oxygen atoms in total. The molecule has 1 aliphatic carbocycles. The molecule has 0 spiro atoms. The van der Waals surface area contributed by atoms with Gasteiger partial charge >= 0.3 is 6.03 Å². The molecule has 2 rings (SSSR count). The summed E-state index contributed by atoms with van der Waals surface area (Å²) in [6, 6.07) is -0.566. The summed E-state index contributed by atoms with van der Waals surface area (Å²) in [5.74, 6) is -0.00529. The van der Waals surface area contributed by atoms with E-state index in [0.29, 0.717) is 0 Å². The molecule has 1 saturated heterocycles. The Morgan fingerprint density at radius 3 is 2.57 bits per heavy atom. The van der Waals surface area contributed by atoms with Crippen LogP contribution in [0.1, 0.15) is 45.4 Å². The standard InChI is InChI=1S/C15H27N3O3/c1-10(14(20)17-15(21)16-2)18-9-4-3-7-12(18)11-6-5-8-13(11)19/h10-13,19H,3-9H2,1-2H3,(H2,16,17,20,21). The Bertz CT molecular complexity index is 388. The first-order chi connectivity index (χ1) is 10.0. The van der Waals surface area contributed by atoms with Crippen molar-refractivity contribution in [3.05, 3.63) is 0 Å². The number of nitrogens with zero attached hydrogens (tertiary/aromatic N) is 1. The van der Waals surface area contributed by atoms with Gasteiger partial charge in [0.15, 0.2) is 0 Å². The third kappa shape index (κ3) is 3.74. The van der Waals surface area contributed by atoms with Crippen LogP contribution in [0.5, 0.6) is 0 Å². The molecule has 0 bridgehead atoms. The second-order valence-electron chi connectivity index (χ2n) is 6.21. The van der Waals surface area contributed by atoms with Crippen molar-refractivity contribution in [3.8, 4) is 0 Å². The van der Waals surface area contributed by atoms with E-state index < -0.39 is 6.03 Å². The van der Waals surface area contributed by atoms with Crippen LogP contribution in [0.3, 0.4) is 0 Å². The molecule has 1 saturated carbocycles. The molecule has 21 heavy (non-hydrogen) atoms. The van der Waals surface area contributed by atoms with E-state index in [1.165, 1.54) is 7.05 Å². The summed E-state index contributed by atoms with van der Waals surface area (Å²) in [6.45, 7) is 2.70. The number of aliphatic hydroxyl groups is 1. The minimum Gasteiger partial charge on any atom is -0.393 e. The largest absolute Gasteiger partial charge is 0.393 e. The Labute approximate surface area is 126 Å². The zero-order valence-corrected chi connectivity index (χ0v) is 13.0. The zero-order valence-electron chi connectivity index (χ0n) is 13.0. The molecular weight excluding hydrogens is 270 g/mol. The van der Waals surface area contributed by atoms with Crippen LogP contribution in [0.15, 0.2) is 0 Å². The molecule has 1 aliphatic heterocycles. The smallest absolute Gasteiger partial charge is 0.321 e. The van der Waals surface area contributed by atoms with Crippen molar-refractivity contribution in [3.63, 3.8) is 0 Å². The summed E-state index contributed by atoms with van der Waals surface area (Å²) in [6.07, 6.45) is 5.96. The summed E-state index contributed by atoms with van der Waals surface area (Å²) in [7, 11) is 1.49. The van der Waals surface area contributed by atoms with E-state index >= 15 is 0 Å². The molecule has 1 heterocycles. The number of hydrogen-bond acceptors (Lipinski definition) is 4. The predicted molar refractivity (Wildman–Crippen MR) is 79.8 cm³/mol. The number of likely N-dealkylation sites (tertiary alicyclic amines) is 1. The van der Waals surface area contributed by atoms with Crippen LogP contribution in [0.2, 0.25) is 0 Å². The Balaban J connectivity index is 2.03. The van der Waals surface area contributed by atoms with Gasteiger partial charge in [0.05, 0.1) is 12.1 Å². The number of imide groups is 1. The molecule has 4 atom stereocenters. The Kier molecular flexibility index (Phi) is 5.58. The lowest BCUT2D eigenvalue weighted by Crippen LogP contribution is -2.56. The van der Waals surface area contributed by atoms with Gasteiger partial charge in [-0.1, -0.05) is 12.8 Å². The quantitative estimate of drug-likeness (QED) is 0.721. The van der Waals surface area contributed by atoms with Gasteiger partial charge < -0.3 is 10.4 Å². The monoisotopic (exact) mass is 297 g/mol. The molecule has 6 heteroatoms. The summed E-state index contributed by atoms with van der Waals surface area (Å²) in [4.78, 5) is 25.7. The molecule has 0 aromatic carbocycles. The van der Waals surface area contributed by atoms with E-state index in [2.05, 4.69) is 15.5 Å². The van der Waals surface area contributed by atoms with E-state index in [9.17, 15) is 14.7 Å². The SMILES string of the molecule is CNC(=O)NC(=O)C(C)N1CCCCC1C1CCCC1O. The fourth-order valence-electron chi connectivity index (χ4n) is 3.77. The Morgan fingerprint density at radius 2 is 1.95 bits per heavy atom. The predicted octanol–water partition coefficient (Wildman–Crippen LogP) is 0.846. The lowest BCUT2D eigenvalue weighted by Gasteiger charge is -2.43. The average molecular weight is 297 g/mol. The van der Waals surface area contributed by atoms with E-state index in [4.69, 9.17) is 0 Å². The Hall–Kier alpha value is -1.14. The fraction of sp³-hybridized carbons (Fsp3) is 0.867. The minimum atomic E-state index is -0.471. The van der Waals surface area contributed by atoms with Gasteiger partial charge in [0.1, 0.15) is 0 Å². The first kappa shape index (κ1) is 16.2. The van der Waals surface area contributed by atoms with E-state index in [0.717, 1.165) is 45.1 Å². The summed E-state index contributed by atoms with van der Waals surface area (Å²) in [5.41, 5.74) is 0. The Morgan fingerprint density at radius 1 is 1.19 bits per heavy atom. The van der Waals surface area contributed by atoms with Crippen molar-refractivity contribution in [2.75, 3.05) is 13.6 Å². The van der Waals surface area contributed by atoms with E-state index in [-0.39, 0.29) is 30.0 Å². The maximum Gasteiger partial charge on any atom is 0.321 e. The highest BCUT2D eigenvalue weighted by molar-refractivity contribution is 5.96. The van der Waals surface area contributed by atoms with Crippen molar-refractivity contribution < 1.29 is 14.7 Å². The first-order valence-corrected chi connectivity index (χ1v) is 8.01. The maximum absolute atomic E-state index is 12.2. The zero-order chi connectivity index (χ0) is 15.4. The normalized spacial score (nSPS) is 31.7. The summed E-state index contributed by atoms with van der Waals surface area (Å²) >= 11 is 0. The number of urea groups is 1. The van der Waals surface area contributed by atoms with Crippen molar-refractivity contribution in [2.24, 2.45) is 5.92 Å². The third-order valence-electron chi connectivity index (χ3n) is 4.96. The van der Waals surface area contributed by atoms with Gasteiger partial charge in [0, 0.05) is 19.0 Å². The van der Waals surface area contributed by atoms with Crippen molar-refractivity contribution in [1.29, 1.82) is 0 Å². The van der Waals surface area contributed by atoms with Crippen LogP contribution < -0.4 is 10.6 Å². The van der Waals surface area contributed by atoms with Gasteiger partial charge in [0.2, 0.25) is 5.91 Å². The number of carbonyl (C=O) groups excluding carboxylic acids is 2. The fourth-order valence-corrected chi connectivity index (χ4v) is 3.77. The highest BCUT2D eigenvalue weighted by Gasteiger charge is 2.40. The van der Waals surface area contributed by atoms with Crippen LogP contribution in [-0.4, -0.2) is 53.7 Å². The topological polar surface area (TPSA) is 81.7 Å². The number of carbonyl (C=O) groups is 2. The highest BCUT2D eigenvalue weighted by Crippen LogP contribution is 2.36. The van der Waals surface area contributed by atoms with Gasteiger partial charge in [0.25, 0.3) is 0 Å². The van der Waals surface area contributed by atoms with E-state index in [1.807, 2.05) is 6.92 Å². The van der Waals surface area contributed by atoms with Crippen LogP contribution in [0.25, 0.3) is 0 Å². The summed E-state index contributed by atoms with van der Waals surface area (Å²) in [5, 5.41) is 14.9. The number of piperidine rings is 1. The molecule has 120 valence electrons. The number of amides is 3. The van der Waals surface area contributed by atoms with Gasteiger partial charge in [-0.3, -0.25) is 15.0 Å². The average Bonchev–Trinajstić information content (AvgIpc) is 2.92. The number of aliphatic hydroxyl groups excluding tert-OH is 1. The number of rotatable bonds is 3. The van der Waals surface area contributed by atoms with Gasteiger partial charge in [-0.25, -0.2) is 4.79 Å². The maximum atomic E-state index is 12.2. The molecule has 2 fully saturated rings. The molecular formula is C15H27N3O3. The van der Waals surface area contributed by atoms with Gasteiger partial charge in [-0.2, -0.15) is 0 Å². The first-order valence-electron chi connectivity index (χ1n) is 8.01. The van der Waals surface area contributed by atoms with Gasteiger partial charge in [-0.15, -0.1) is 0 Å². The van der Waals surface area contributed by atoms with Crippen molar-refractivity contribution in [1.82, 2.24) is 15.5 Å². The number of hydrogen-bond donors (Lipinski definition) is 3. The van der Waals surface area contributed by atoms with Crippen LogP contribution in [0, 0.1) is 5.92 Å². The molecule has 4 unspecified atom stereocenters. The third-order valence-corrected chi connectivity index (χ3v) is 4.96. The highest BCUT2D eigenvalue weighted by atomic mass is 16.3. The van der Waals surface area contributed by atoms with E-state index in [1.54, 1.807) is 0 Å². The van der Waals surface area contributed by atoms with Crippen molar-refractivity contribution >= 4 is 11.9 Å². The van der Waals surface area contributed by atoms with Crippen molar-refractivity contribution in [2.45, 2.75) is 63.6 Å². The van der Waals surface area contributed by atoms with Gasteiger partial charge in [-0.05, 0) is 39.2 Å². The van der Waals surface area contributed by atoms with Crippen LogP contribution >= 0.6 is 0 Å². The number of nitrogens with one attached hydrogen (secondary N) is 2. The lowest BCUT2D eigenvalue weighted by molar-refractivity contribution is -0.127. The summed E-state index contributed by atoms with van der Waals surface area (Å²) < 4.78 is 0. The minimum absolute atomic E-state index is 0.246. The molecule has 2 aliphatic rings. The molecule has 0 aromatic heterocycles. The second kappa shape index (κ2) is 7.22. The molecule has 3 amide bonds. The lowest BCUT2D eigenvalue weighted by atomic mass is 9.86. The van der Waals surface area contributed by atoms with Crippen LogP contribution in [-0.2, 0) is 4.79 Å².